The molecule has 0 saturated heterocycles. The van der Waals surface area contributed by atoms with Gasteiger partial charge in [-0.2, -0.15) is 0 Å². The van der Waals surface area contributed by atoms with Crippen LogP contribution in [0.4, 0.5) is 9.18 Å². The summed E-state index contributed by atoms with van der Waals surface area (Å²) in [5.41, 5.74) is -0.0178. The van der Waals surface area contributed by atoms with Crippen LogP contribution in [0.15, 0.2) is 24.3 Å². The molecule has 1 rings (SSSR count). The highest BCUT2D eigenvalue weighted by molar-refractivity contribution is 5.82. The first-order valence-corrected chi connectivity index (χ1v) is 8.26. The Bertz CT molecular complexity index is 585. The van der Waals surface area contributed by atoms with Crippen LogP contribution in [0.1, 0.15) is 52.7 Å². The van der Waals surface area contributed by atoms with Gasteiger partial charge in [-0.3, -0.25) is 0 Å². The van der Waals surface area contributed by atoms with Gasteiger partial charge in [-0.25, -0.2) is 14.0 Å². The van der Waals surface area contributed by atoms with Crippen molar-refractivity contribution in [2.45, 2.75) is 71.9 Å². The van der Waals surface area contributed by atoms with E-state index < -0.39 is 36.0 Å². The molecule has 0 bridgehead atoms. The van der Waals surface area contributed by atoms with Gasteiger partial charge in [-0.1, -0.05) is 24.3 Å². The second-order valence-electron chi connectivity index (χ2n) is 7.89. The van der Waals surface area contributed by atoms with E-state index in [1.807, 2.05) is 0 Å². The molecular formula is C19H28FNO4. The van der Waals surface area contributed by atoms with Gasteiger partial charge >= 0.3 is 12.1 Å². The minimum atomic E-state index is -0.898. The second kappa shape index (κ2) is 8.32. The summed E-state index contributed by atoms with van der Waals surface area (Å²) in [5, 5.41) is 2.56. The molecule has 1 N–H and O–H groups in total. The molecule has 0 aromatic heterocycles. The molecule has 5 nitrogen and oxygen atoms in total. The molecular weight excluding hydrogens is 324 g/mol. The van der Waals surface area contributed by atoms with E-state index in [9.17, 15) is 14.0 Å². The van der Waals surface area contributed by atoms with E-state index in [1.54, 1.807) is 65.8 Å². The number of benzene rings is 1. The molecule has 1 aromatic rings. The van der Waals surface area contributed by atoms with Crippen LogP contribution in [0.2, 0.25) is 0 Å². The highest BCUT2D eigenvalue weighted by Gasteiger charge is 2.28. The summed E-state index contributed by atoms with van der Waals surface area (Å²) < 4.78 is 23.2. The lowest BCUT2D eigenvalue weighted by Gasteiger charge is -2.26. The summed E-state index contributed by atoms with van der Waals surface area (Å²) in [6.45, 7) is 9.94. The van der Waals surface area contributed by atoms with Gasteiger partial charge < -0.3 is 14.8 Å². The number of alkyl halides is 1. The molecule has 0 fully saturated rings. The van der Waals surface area contributed by atoms with E-state index in [2.05, 4.69) is 5.32 Å². The lowest BCUT2D eigenvalue weighted by Crippen LogP contribution is -2.47. The third-order valence-corrected chi connectivity index (χ3v) is 3.00. The number of ether oxygens (including phenoxy) is 2. The quantitative estimate of drug-likeness (QED) is 0.816. The van der Waals surface area contributed by atoms with Gasteiger partial charge in [0.1, 0.15) is 23.9 Å². The Labute approximate surface area is 148 Å². The van der Waals surface area contributed by atoms with Crippen molar-refractivity contribution in [3.8, 4) is 0 Å². The average Bonchev–Trinajstić information content (AvgIpc) is 2.43. The van der Waals surface area contributed by atoms with Gasteiger partial charge in [0.15, 0.2) is 0 Å². The molecule has 0 aliphatic carbocycles. The summed E-state index contributed by atoms with van der Waals surface area (Å²) in [5.74, 6) is -0.548. The molecule has 6 heteroatoms. The monoisotopic (exact) mass is 352 g/mol. The number of carbonyl (C=O) groups excluding carboxylic acids is 2. The fraction of sp³-hybridized carbons (Fsp3) is 0.579. The zero-order chi connectivity index (χ0) is 19.3. The third-order valence-electron chi connectivity index (χ3n) is 3.00. The molecule has 0 aliphatic heterocycles. The fourth-order valence-corrected chi connectivity index (χ4v) is 2.02. The van der Waals surface area contributed by atoms with Crippen molar-refractivity contribution in [3.05, 3.63) is 35.4 Å². The molecule has 0 spiro atoms. The van der Waals surface area contributed by atoms with E-state index >= 15 is 0 Å². The van der Waals surface area contributed by atoms with Crippen LogP contribution in [0, 0.1) is 0 Å². The van der Waals surface area contributed by atoms with Crippen molar-refractivity contribution in [1.82, 2.24) is 5.32 Å². The maximum atomic E-state index is 12.6. The maximum absolute atomic E-state index is 12.6. The topological polar surface area (TPSA) is 64.6 Å². The lowest BCUT2D eigenvalue weighted by molar-refractivity contribution is -0.157. The van der Waals surface area contributed by atoms with Gasteiger partial charge in [0, 0.05) is 6.42 Å². The molecule has 0 radical (unpaired) electrons. The van der Waals surface area contributed by atoms with Gasteiger partial charge in [-0.15, -0.1) is 0 Å². The largest absolute Gasteiger partial charge is 0.458 e. The minimum Gasteiger partial charge on any atom is -0.458 e. The third kappa shape index (κ3) is 8.52. The van der Waals surface area contributed by atoms with Gasteiger partial charge in [0.05, 0.1) is 0 Å². The molecule has 0 saturated carbocycles. The van der Waals surface area contributed by atoms with E-state index in [4.69, 9.17) is 9.47 Å². The van der Waals surface area contributed by atoms with Crippen LogP contribution < -0.4 is 5.32 Å². The summed E-state index contributed by atoms with van der Waals surface area (Å²) in [6, 6.07) is 5.85. The zero-order valence-corrected chi connectivity index (χ0v) is 15.8. The van der Waals surface area contributed by atoms with E-state index in [0.717, 1.165) is 5.56 Å². The van der Waals surface area contributed by atoms with Crippen LogP contribution in [-0.4, -0.2) is 29.3 Å². The van der Waals surface area contributed by atoms with Crippen molar-refractivity contribution in [1.29, 1.82) is 0 Å². The Morgan fingerprint density at radius 2 is 1.44 bits per heavy atom. The number of amides is 1. The van der Waals surface area contributed by atoms with Crippen LogP contribution in [0.25, 0.3) is 0 Å². The number of carbonyl (C=O) groups is 2. The Kier molecular flexibility index (Phi) is 6.96. The number of hydrogen-bond acceptors (Lipinski definition) is 4. The van der Waals surface area contributed by atoms with Gasteiger partial charge in [-0.05, 0) is 52.7 Å². The average molecular weight is 352 g/mol. The number of hydrogen-bond donors (Lipinski definition) is 1. The SMILES string of the molecule is CC(C)(C)OC(=O)N[C@@H](Cc1ccc(C[18F])cc1)C(=O)OC(C)(C)C. The second-order valence-corrected chi connectivity index (χ2v) is 7.89. The Morgan fingerprint density at radius 1 is 0.960 bits per heavy atom. The normalized spacial score (nSPS) is 13.1. The summed E-state index contributed by atoms with van der Waals surface area (Å²) in [6.07, 6.45) is -0.468. The first-order chi connectivity index (χ1) is 11.4. The van der Waals surface area contributed by atoms with Crippen molar-refractivity contribution >= 4 is 12.1 Å². The number of rotatable bonds is 5. The number of esters is 1. The lowest BCUT2D eigenvalue weighted by atomic mass is 10.0. The van der Waals surface area contributed by atoms with Gasteiger partial charge in [0.2, 0.25) is 0 Å². The van der Waals surface area contributed by atoms with Gasteiger partial charge in [0.25, 0.3) is 0 Å². The van der Waals surface area contributed by atoms with E-state index in [1.165, 1.54) is 0 Å². The molecule has 0 aliphatic rings. The van der Waals surface area contributed by atoms with Crippen molar-refractivity contribution in [3.63, 3.8) is 0 Å². The van der Waals surface area contributed by atoms with Crippen molar-refractivity contribution in [2.75, 3.05) is 0 Å². The number of nitrogens with one attached hydrogen (secondary N) is 1. The zero-order valence-electron chi connectivity index (χ0n) is 15.8. The predicted octanol–water partition coefficient (Wildman–Crippen LogP) is 3.93. The van der Waals surface area contributed by atoms with Crippen LogP contribution in [0.3, 0.4) is 0 Å². The first kappa shape index (κ1) is 20.9. The highest BCUT2D eigenvalue weighted by Crippen LogP contribution is 2.14. The molecule has 1 amide bonds. The molecule has 1 aromatic carbocycles. The Morgan fingerprint density at radius 3 is 1.88 bits per heavy atom. The molecule has 140 valence electrons. The fourth-order valence-electron chi connectivity index (χ4n) is 2.02. The predicted molar refractivity (Wildman–Crippen MR) is 94.0 cm³/mol. The van der Waals surface area contributed by atoms with Crippen molar-refractivity contribution in [2.24, 2.45) is 0 Å². The van der Waals surface area contributed by atoms with E-state index in [-0.39, 0.29) is 6.42 Å². The van der Waals surface area contributed by atoms with E-state index in [0.29, 0.717) is 5.56 Å². The van der Waals surface area contributed by atoms with Crippen molar-refractivity contribution < 1.29 is 23.5 Å². The minimum absolute atomic E-state index is 0.223. The standard InChI is InChI=1S/C19H28FNO4/c1-18(2,3)24-16(22)15(21-17(23)25-19(4,5)6)11-13-7-9-14(12-20)10-8-13/h7-10,15H,11-12H2,1-6H3,(H,21,23)/t15-/m0/s1/i20-1. The summed E-state index contributed by atoms with van der Waals surface area (Å²) in [7, 11) is 0. The molecule has 0 unspecified atom stereocenters. The number of alkyl carbamates (subject to hydrolysis) is 1. The van der Waals surface area contributed by atoms with Crippen LogP contribution in [0.5, 0.6) is 0 Å². The highest BCUT2D eigenvalue weighted by atomic mass is 18.2. The molecule has 1 atom stereocenters. The first-order valence-electron chi connectivity index (χ1n) is 8.26. The number of halogens is 1. The van der Waals surface area contributed by atoms with Crippen LogP contribution in [-0.2, 0) is 27.4 Å². The van der Waals surface area contributed by atoms with Crippen LogP contribution >= 0.6 is 0 Å². The maximum Gasteiger partial charge on any atom is 0.408 e. The Hall–Kier alpha value is -2.11. The molecule has 0 heterocycles. The Balaban J connectivity index is 2.89. The molecule has 25 heavy (non-hydrogen) atoms. The smallest absolute Gasteiger partial charge is 0.408 e. The summed E-state index contributed by atoms with van der Waals surface area (Å²) in [4.78, 5) is 24.5. The summed E-state index contributed by atoms with van der Waals surface area (Å²) >= 11 is 0.